The average molecular weight is 2000 g/mol. The van der Waals surface area contributed by atoms with Gasteiger partial charge in [0.1, 0.15) is 73.8 Å². The van der Waals surface area contributed by atoms with Crippen LogP contribution in [0.15, 0.2) is 121 Å². The van der Waals surface area contributed by atoms with Crippen molar-refractivity contribution < 1.29 is 190 Å². The third kappa shape index (κ3) is 26.6. The summed E-state index contributed by atoms with van der Waals surface area (Å²) in [6.07, 6.45) is -25.7. The van der Waals surface area contributed by atoms with E-state index in [1.54, 1.807) is 121 Å². The Kier molecular flexibility index (Phi) is 34.1. The third-order valence-electron chi connectivity index (χ3n) is 22.0. The van der Waals surface area contributed by atoms with Crippen LogP contribution >= 0.6 is 0 Å². The first-order valence-corrected chi connectivity index (χ1v) is 44.9. The lowest BCUT2D eigenvalue weighted by Crippen LogP contribution is -2.63. The monoisotopic (exact) mass is 2000 g/mol. The van der Waals surface area contributed by atoms with Crippen LogP contribution in [0.1, 0.15) is 134 Å². The summed E-state index contributed by atoms with van der Waals surface area (Å²) >= 11 is 0. The lowest BCUT2D eigenvalue weighted by Gasteiger charge is -2.43. The van der Waals surface area contributed by atoms with E-state index in [9.17, 15) is 76.7 Å². The normalized spacial score (nSPS) is 23.9. The molecule has 7 aromatic rings. The molecule has 762 valence electrons. The molecule has 44 heteroatoms. The van der Waals surface area contributed by atoms with Crippen LogP contribution in [0.25, 0.3) is 90.9 Å². The largest absolute Gasteiger partial charge is 0.463 e. The quantitative estimate of drug-likeness (QED) is 0.0293. The SMILES string of the molecule is CC(=O)OCC1O[C@@H](Oc2cccc(-c3c4nc(c(-c5cccc(O[C@@H]6OC(COC(C)=O)[C@H](OC(C)=O)C(OC(C)=O)C6OC(C)=O)c5)c5ccc([nH]5)c(-c5cccc(O[C@@H]6OC(COC(C)=O)[C@H](OC(C)=O)C(OC(C)=O)C6OC(C)=O)c5)c5nc(c(-c6cccc(OC7O[C@H](COC(C)=O)C(OC(C)=O)C(OC(C)=O)[C@H]7OC(C)=O)c6)c6ccc3[nH]6)C=C5)C=C4)c2)C(OC(C)=O)C(OC(C)=O)[C@H]1OC(C)=O. The van der Waals surface area contributed by atoms with Crippen LogP contribution in [0, 0.1) is 0 Å². The minimum absolute atomic E-state index is 0.0228. The van der Waals surface area contributed by atoms with Gasteiger partial charge in [-0.2, -0.15) is 0 Å². The Balaban J connectivity index is 1.08. The Hall–Kier alpha value is -16.0. The second-order valence-corrected chi connectivity index (χ2v) is 33.4. The summed E-state index contributed by atoms with van der Waals surface area (Å²) in [6.45, 7) is 14.8. The molecule has 8 bridgehead atoms. The molecule has 0 radical (unpaired) electrons. The predicted molar refractivity (Wildman–Crippen MR) is 491 cm³/mol. The first kappa shape index (κ1) is 105. The zero-order valence-corrected chi connectivity index (χ0v) is 80.5. The molecule has 4 saturated heterocycles. The molecule has 0 aliphatic carbocycles. The van der Waals surface area contributed by atoms with Crippen molar-refractivity contribution in [3.8, 4) is 67.5 Å². The highest BCUT2D eigenvalue weighted by molar-refractivity contribution is 6.00. The molecule has 20 atom stereocenters. The maximum atomic E-state index is 13.2. The first-order valence-electron chi connectivity index (χ1n) is 44.9. The molecular formula is C100H102N4O40. The standard InChI is InChI=1S/C100H102N4O40/c1-45(105)121-41-77-85(125-49(5)109)89(129-53(9)113)93(133-57(13)117)97(141-77)137-65-25-17-21-61(37-65)81-69-29-31-71(101-69)82(62-22-18-26-66(38-62)138-98-94(134-58(14)118)90(130-54(10)114)86(126-50(6)110)78(142-98)42-122-46(2)106)73-33-35-75(103-73)84(64-24-20-28-68(40-64)140-100-96(136-60(16)120)92(132-56(12)116)88(128-52(8)112)80(144-100)44-124-48(4)108)76-36-34-74(104-76)83(72-32-30-70(81)102-72)63-23-19-27-67(39-63)139-99-95(135-59(15)119)91(131-55(11)115)87(127-51(7)111)79(143-99)43-123-47(3)107/h17-40,77-80,85-101,104H,41-44H2,1-16H3/t77-,78?,79?,80?,85?,86+,87+,88+,89?,90?,91?,92?,93-,94?,95?,96?,97?,98-,99-,100-/m1/s1. The van der Waals surface area contributed by atoms with E-state index in [1.807, 2.05) is 0 Å². The van der Waals surface area contributed by atoms with Crippen LogP contribution in [0.3, 0.4) is 0 Å². The minimum Gasteiger partial charge on any atom is -0.463 e. The number of aromatic amines is 2. The maximum Gasteiger partial charge on any atom is 0.303 e. The first-order chi connectivity index (χ1) is 68.5. The molecule has 13 rings (SSSR count). The van der Waals surface area contributed by atoms with Crippen molar-refractivity contribution in [1.29, 1.82) is 0 Å². The van der Waals surface area contributed by atoms with E-state index in [0.29, 0.717) is 66.6 Å². The second-order valence-electron chi connectivity index (χ2n) is 33.4. The number of carbonyl (C=O) groups is 16. The Bertz CT molecular complexity index is 5630. The van der Waals surface area contributed by atoms with Gasteiger partial charge in [-0.15, -0.1) is 0 Å². The van der Waals surface area contributed by atoms with Gasteiger partial charge in [-0.25, -0.2) is 9.97 Å². The third-order valence-corrected chi connectivity index (χ3v) is 22.0. The van der Waals surface area contributed by atoms with Crippen LogP contribution in [0.4, 0.5) is 0 Å². The van der Waals surface area contributed by atoms with Gasteiger partial charge in [0.15, 0.2) is 48.8 Å². The number of H-pyrrole nitrogens is 2. The highest BCUT2D eigenvalue weighted by Gasteiger charge is 2.58. The van der Waals surface area contributed by atoms with Crippen molar-refractivity contribution in [3.63, 3.8) is 0 Å². The van der Waals surface area contributed by atoms with Gasteiger partial charge >= 0.3 is 95.5 Å². The van der Waals surface area contributed by atoms with Crippen LogP contribution in [-0.2, 0) is 171 Å². The number of hydrogen-bond donors (Lipinski definition) is 2. The van der Waals surface area contributed by atoms with Crippen molar-refractivity contribution in [3.05, 3.63) is 144 Å². The summed E-state index contributed by atoms with van der Waals surface area (Å²) in [5, 5.41) is 0. The summed E-state index contributed by atoms with van der Waals surface area (Å²) < 4.78 is 143. The lowest BCUT2D eigenvalue weighted by molar-refractivity contribution is -0.288. The van der Waals surface area contributed by atoms with Crippen molar-refractivity contribution in [1.82, 2.24) is 19.9 Å². The van der Waals surface area contributed by atoms with Crippen molar-refractivity contribution in [2.45, 2.75) is 234 Å². The zero-order valence-electron chi connectivity index (χ0n) is 80.5. The molecule has 44 nitrogen and oxygen atoms in total. The Morgan fingerprint density at radius 3 is 0.576 bits per heavy atom. The predicted octanol–water partition coefficient (Wildman–Crippen LogP) is 9.17. The van der Waals surface area contributed by atoms with Gasteiger partial charge in [0, 0.05) is 155 Å². The van der Waals surface area contributed by atoms with Crippen molar-refractivity contribution >= 4 is 142 Å². The van der Waals surface area contributed by atoms with E-state index in [0.717, 1.165) is 111 Å². The molecular weight excluding hydrogens is 1900 g/mol. The summed E-state index contributed by atoms with van der Waals surface area (Å²) in [5.41, 5.74) is 4.49. The number of benzene rings is 4. The molecule has 144 heavy (non-hydrogen) atoms. The highest BCUT2D eigenvalue weighted by Crippen LogP contribution is 2.45. The van der Waals surface area contributed by atoms with Crippen LogP contribution in [-0.4, -0.2) is 265 Å². The highest BCUT2D eigenvalue weighted by atomic mass is 16.8. The van der Waals surface area contributed by atoms with Crippen molar-refractivity contribution in [2.75, 3.05) is 26.4 Å². The molecule has 4 fully saturated rings. The van der Waals surface area contributed by atoms with Gasteiger partial charge in [-0.05, 0) is 119 Å². The Labute approximate surface area is 820 Å². The number of esters is 16. The number of rotatable bonds is 32. The number of nitrogens with one attached hydrogen (secondary N) is 2. The van der Waals surface area contributed by atoms with Crippen molar-refractivity contribution in [2.24, 2.45) is 0 Å². The van der Waals surface area contributed by atoms with Gasteiger partial charge in [-0.1, -0.05) is 48.5 Å². The summed E-state index contributed by atoms with van der Waals surface area (Å²) in [5.74, 6) is -14.1. The van der Waals surface area contributed by atoms with Gasteiger partial charge in [0.25, 0.3) is 0 Å². The summed E-state index contributed by atoms with van der Waals surface area (Å²) in [6, 6.07) is 32.4. The minimum atomic E-state index is -1.75. The van der Waals surface area contributed by atoms with Crippen LogP contribution < -0.4 is 18.9 Å². The fraction of sp³-hybridized carbons (Fsp3) is 0.400. The van der Waals surface area contributed by atoms with E-state index < -0.39 is 245 Å². The molecule has 0 saturated carbocycles. The molecule has 6 aliphatic rings. The molecule has 0 spiro atoms. The fourth-order valence-corrected chi connectivity index (χ4v) is 17.0. The lowest BCUT2D eigenvalue weighted by atomic mass is 9.98. The van der Waals surface area contributed by atoms with Gasteiger partial charge in [-0.3, -0.25) is 76.7 Å². The molecule has 0 amide bonds. The van der Waals surface area contributed by atoms with Gasteiger partial charge < -0.3 is 124 Å². The van der Waals surface area contributed by atoms with Gasteiger partial charge in [0.05, 0.1) is 22.8 Å². The summed E-state index contributed by atoms with van der Waals surface area (Å²) in [4.78, 5) is 225. The van der Waals surface area contributed by atoms with E-state index >= 15 is 0 Å². The van der Waals surface area contributed by atoms with Crippen LogP contribution in [0.5, 0.6) is 23.0 Å². The second kappa shape index (κ2) is 46.6. The summed E-state index contributed by atoms with van der Waals surface area (Å²) in [7, 11) is 0. The number of hydrogen-bond acceptors (Lipinski definition) is 42. The molecule has 12 unspecified atom stereocenters. The number of fused-ring (bicyclic) bond motifs is 8. The number of carbonyl (C=O) groups excluding carboxylic acids is 16. The van der Waals surface area contributed by atoms with E-state index in [2.05, 4.69) is 9.97 Å². The Morgan fingerprint density at radius 1 is 0.229 bits per heavy atom. The topological polar surface area (TPSA) is 552 Å². The molecule has 2 N–H and O–H groups in total. The molecule has 4 aromatic carbocycles. The van der Waals surface area contributed by atoms with E-state index in [1.165, 1.54) is 24.3 Å². The zero-order chi connectivity index (χ0) is 104. The molecule has 6 aliphatic heterocycles. The van der Waals surface area contributed by atoms with Crippen LogP contribution in [0.2, 0.25) is 0 Å². The average Bonchev–Trinajstić information content (AvgIpc) is 1.62. The molecule has 9 heterocycles. The van der Waals surface area contributed by atoms with Gasteiger partial charge in [0.2, 0.25) is 49.6 Å². The smallest absolute Gasteiger partial charge is 0.303 e. The number of nitrogens with zero attached hydrogens (tertiary/aromatic N) is 2. The number of aromatic nitrogens is 4. The Morgan fingerprint density at radius 2 is 0.403 bits per heavy atom. The van der Waals surface area contributed by atoms with E-state index in [-0.39, 0.29) is 45.8 Å². The maximum absolute atomic E-state index is 13.2. The fourth-order valence-electron chi connectivity index (χ4n) is 17.0. The van der Waals surface area contributed by atoms with E-state index in [4.69, 9.17) is 124 Å². The number of ether oxygens (including phenoxy) is 24. The molecule has 3 aromatic heterocycles.